The molecule has 0 aliphatic rings. The first kappa shape index (κ1) is 15.3. The van der Waals surface area contributed by atoms with Crippen LogP contribution in [-0.2, 0) is 4.79 Å². The Hall–Kier alpha value is -1.07. The molecule has 5 heteroatoms. The van der Waals surface area contributed by atoms with Gasteiger partial charge in [0, 0.05) is 5.54 Å². The van der Waals surface area contributed by atoms with E-state index in [9.17, 15) is 4.79 Å². The lowest BCUT2D eigenvalue weighted by Gasteiger charge is -2.26. The molecule has 0 radical (unpaired) electrons. The number of thiazole rings is 1. The lowest BCUT2D eigenvalue weighted by Crippen LogP contribution is -2.46. The summed E-state index contributed by atoms with van der Waals surface area (Å²) < 4.78 is 2.11. The summed E-state index contributed by atoms with van der Waals surface area (Å²) in [4.78, 5) is 16.7. The second kappa shape index (κ2) is 6.14. The Labute approximate surface area is 128 Å². The monoisotopic (exact) mass is 308 g/mol. The van der Waals surface area contributed by atoms with E-state index in [1.807, 2.05) is 39.0 Å². The van der Waals surface area contributed by atoms with E-state index in [1.165, 1.54) is 11.8 Å². The van der Waals surface area contributed by atoms with E-state index in [-0.39, 0.29) is 16.7 Å². The molecule has 1 unspecified atom stereocenters. The fraction of sp³-hybridized carbons (Fsp3) is 0.467. The van der Waals surface area contributed by atoms with Crippen molar-refractivity contribution < 1.29 is 4.79 Å². The molecule has 20 heavy (non-hydrogen) atoms. The van der Waals surface area contributed by atoms with Gasteiger partial charge >= 0.3 is 0 Å². The van der Waals surface area contributed by atoms with Gasteiger partial charge in [0.2, 0.25) is 5.91 Å². The maximum atomic E-state index is 12.2. The maximum absolute atomic E-state index is 12.2. The lowest BCUT2D eigenvalue weighted by atomic mass is 10.0. The number of carbonyl (C=O) groups excluding carboxylic acids is 1. The van der Waals surface area contributed by atoms with E-state index in [0.29, 0.717) is 0 Å². The van der Waals surface area contributed by atoms with Crippen LogP contribution in [0.2, 0.25) is 0 Å². The first-order valence-electron chi connectivity index (χ1n) is 6.75. The van der Waals surface area contributed by atoms with E-state index < -0.39 is 0 Å². The highest BCUT2D eigenvalue weighted by atomic mass is 32.2. The van der Waals surface area contributed by atoms with Crippen molar-refractivity contribution in [3.63, 3.8) is 0 Å². The Kier molecular flexibility index (Phi) is 4.70. The quantitative estimate of drug-likeness (QED) is 0.846. The third-order valence-corrected chi connectivity index (χ3v) is 5.50. The number of para-hydroxylation sites is 1. The number of hydrogen-bond acceptors (Lipinski definition) is 4. The van der Waals surface area contributed by atoms with Crippen LogP contribution in [0.25, 0.3) is 10.2 Å². The van der Waals surface area contributed by atoms with Crippen LogP contribution >= 0.6 is 23.1 Å². The largest absolute Gasteiger partial charge is 0.350 e. The molecule has 0 aliphatic carbocycles. The Morgan fingerprint density at radius 1 is 1.45 bits per heavy atom. The van der Waals surface area contributed by atoms with Gasteiger partial charge in [-0.25, -0.2) is 4.98 Å². The van der Waals surface area contributed by atoms with Crippen molar-refractivity contribution in [2.45, 2.75) is 49.2 Å². The van der Waals surface area contributed by atoms with Crippen molar-refractivity contribution in [1.29, 1.82) is 0 Å². The fourth-order valence-corrected chi connectivity index (χ4v) is 3.84. The molecule has 0 fully saturated rings. The van der Waals surface area contributed by atoms with Crippen molar-refractivity contribution >= 4 is 39.2 Å². The highest BCUT2D eigenvalue weighted by molar-refractivity contribution is 8.02. The minimum atomic E-state index is -0.153. The molecule has 2 rings (SSSR count). The van der Waals surface area contributed by atoms with Crippen LogP contribution in [0.3, 0.4) is 0 Å². The smallest absolute Gasteiger partial charge is 0.233 e. The molecule has 0 aliphatic heterocycles. The minimum Gasteiger partial charge on any atom is -0.350 e. The Morgan fingerprint density at radius 2 is 2.15 bits per heavy atom. The predicted molar refractivity (Wildman–Crippen MR) is 87.5 cm³/mol. The lowest BCUT2D eigenvalue weighted by molar-refractivity contribution is -0.121. The van der Waals surface area contributed by atoms with Gasteiger partial charge in [-0.05, 0) is 39.3 Å². The number of thioether (sulfide) groups is 1. The summed E-state index contributed by atoms with van der Waals surface area (Å²) in [5, 5.41) is 2.94. The third-order valence-electron chi connectivity index (χ3n) is 3.27. The van der Waals surface area contributed by atoms with Gasteiger partial charge < -0.3 is 5.32 Å². The molecule has 108 valence electrons. The molecule has 0 saturated carbocycles. The van der Waals surface area contributed by atoms with E-state index in [4.69, 9.17) is 0 Å². The summed E-state index contributed by atoms with van der Waals surface area (Å²) >= 11 is 3.16. The second-order valence-electron chi connectivity index (χ2n) is 5.43. The molecule has 1 atom stereocenters. The molecule has 1 N–H and O–H groups in total. The zero-order valence-corrected chi connectivity index (χ0v) is 13.9. The molecule has 1 aromatic carbocycles. The van der Waals surface area contributed by atoms with Gasteiger partial charge in [0.25, 0.3) is 0 Å². The minimum absolute atomic E-state index is 0.0705. The topological polar surface area (TPSA) is 42.0 Å². The summed E-state index contributed by atoms with van der Waals surface area (Å²) in [7, 11) is 0. The van der Waals surface area contributed by atoms with Crippen LogP contribution in [0.5, 0.6) is 0 Å². The molecule has 3 nitrogen and oxygen atoms in total. The average Bonchev–Trinajstić information content (AvgIpc) is 2.80. The van der Waals surface area contributed by atoms with Crippen molar-refractivity contribution in [3.05, 3.63) is 24.3 Å². The highest BCUT2D eigenvalue weighted by Crippen LogP contribution is 2.32. The van der Waals surface area contributed by atoms with E-state index >= 15 is 0 Å². The van der Waals surface area contributed by atoms with Crippen molar-refractivity contribution in [2.75, 3.05) is 0 Å². The average molecular weight is 308 g/mol. The van der Waals surface area contributed by atoms with Gasteiger partial charge in [-0.3, -0.25) is 4.79 Å². The van der Waals surface area contributed by atoms with E-state index in [1.54, 1.807) is 11.3 Å². The first-order chi connectivity index (χ1) is 9.41. The van der Waals surface area contributed by atoms with Crippen LogP contribution in [0, 0.1) is 0 Å². The van der Waals surface area contributed by atoms with Gasteiger partial charge in [0.1, 0.15) is 0 Å². The number of carbonyl (C=O) groups is 1. The standard InChI is InChI=1S/C15H20N2OS2/c1-5-15(3,4)17-13(18)10(2)19-14-16-11-8-6-7-9-12(11)20-14/h6-10H,5H2,1-4H3,(H,17,18). The molecule has 2 aromatic rings. The van der Waals surface area contributed by atoms with E-state index in [2.05, 4.69) is 23.3 Å². The SMILES string of the molecule is CCC(C)(C)NC(=O)C(C)Sc1nc2ccccc2s1. The Morgan fingerprint density at radius 3 is 2.80 bits per heavy atom. The van der Waals surface area contributed by atoms with Crippen LogP contribution < -0.4 is 5.32 Å². The molecule has 0 saturated heterocycles. The summed E-state index contributed by atoms with van der Waals surface area (Å²) in [5.74, 6) is 0.0705. The number of benzene rings is 1. The predicted octanol–water partition coefficient (Wildman–Crippen LogP) is 4.08. The van der Waals surface area contributed by atoms with Crippen molar-refractivity contribution in [1.82, 2.24) is 10.3 Å². The summed E-state index contributed by atoms with van der Waals surface area (Å²) in [6, 6.07) is 8.05. The number of hydrogen-bond donors (Lipinski definition) is 1. The molecule has 1 heterocycles. The summed E-state index contributed by atoms with van der Waals surface area (Å²) in [5.41, 5.74) is 0.848. The van der Waals surface area contributed by atoms with Gasteiger partial charge in [-0.15, -0.1) is 11.3 Å². The number of aromatic nitrogens is 1. The molecular weight excluding hydrogens is 288 g/mol. The Bertz CT molecular complexity index is 574. The van der Waals surface area contributed by atoms with Gasteiger partial charge in [-0.1, -0.05) is 30.8 Å². The number of fused-ring (bicyclic) bond motifs is 1. The number of rotatable bonds is 5. The van der Waals surface area contributed by atoms with Crippen molar-refractivity contribution in [2.24, 2.45) is 0 Å². The molecular formula is C15H20N2OS2. The van der Waals surface area contributed by atoms with E-state index in [0.717, 1.165) is 21.0 Å². The number of amides is 1. The van der Waals surface area contributed by atoms with Crippen LogP contribution in [0.1, 0.15) is 34.1 Å². The molecule has 0 bridgehead atoms. The summed E-state index contributed by atoms with van der Waals surface area (Å²) in [6.07, 6.45) is 0.914. The normalized spacial score (nSPS) is 13.4. The molecule has 1 amide bonds. The zero-order chi connectivity index (χ0) is 14.8. The van der Waals surface area contributed by atoms with Crippen molar-refractivity contribution in [3.8, 4) is 0 Å². The highest BCUT2D eigenvalue weighted by Gasteiger charge is 2.23. The third kappa shape index (κ3) is 3.73. The number of nitrogens with zero attached hydrogens (tertiary/aromatic N) is 1. The Balaban J connectivity index is 2.03. The fourth-order valence-electron chi connectivity index (χ4n) is 1.63. The van der Waals surface area contributed by atoms with Gasteiger partial charge in [0.15, 0.2) is 4.34 Å². The first-order valence-corrected chi connectivity index (χ1v) is 8.45. The second-order valence-corrected chi connectivity index (χ2v) is 8.05. The van der Waals surface area contributed by atoms with Crippen LogP contribution in [0.15, 0.2) is 28.6 Å². The van der Waals surface area contributed by atoms with Crippen LogP contribution in [-0.4, -0.2) is 21.7 Å². The number of nitrogens with one attached hydrogen (secondary N) is 1. The van der Waals surface area contributed by atoms with Gasteiger partial charge in [-0.2, -0.15) is 0 Å². The maximum Gasteiger partial charge on any atom is 0.233 e. The molecule has 0 spiro atoms. The van der Waals surface area contributed by atoms with Gasteiger partial charge in [0.05, 0.1) is 15.5 Å². The summed E-state index contributed by atoms with van der Waals surface area (Å²) in [6.45, 7) is 8.09. The zero-order valence-electron chi connectivity index (χ0n) is 12.3. The van der Waals surface area contributed by atoms with Crippen LogP contribution in [0.4, 0.5) is 0 Å². The molecule has 1 aromatic heterocycles.